The Hall–Kier alpha value is -0.720. The maximum Gasteiger partial charge on any atom is 0.106 e. The van der Waals surface area contributed by atoms with E-state index in [1.165, 1.54) is 11.3 Å². The van der Waals surface area contributed by atoms with Gasteiger partial charge in [-0.15, -0.1) is 11.3 Å². The van der Waals surface area contributed by atoms with E-state index in [9.17, 15) is 0 Å². The molecule has 58 valence electrons. The molecular weight excluding hydrogens is 180 g/mol. The average molecular weight is 187 g/mol. The smallest absolute Gasteiger partial charge is 0.106 e. The van der Waals surface area contributed by atoms with Gasteiger partial charge < -0.3 is 4.90 Å². The lowest BCUT2D eigenvalue weighted by molar-refractivity contribution is 1.05. The number of hydrogen-bond acceptors (Lipinski definition) is 3. The highest BCUT2D eigenvalue weighted by Gasteiger charge is 2.01. The zero-order valence-electron chi connectivity index (χ0n) is 6.04. The lowest BCUT2D eigenvalue weighted by atomic mass is 10.5. The summed E-state index contributed by atoms with van der Waals surface area (Å²) < 4.78 is 0.754. The zero-order chi connectivity index (χ0) is 8.27. The Labute approximate surface area is 74.6 Å². The van der Waals surface area contributed by atoms with Crippen molar-refractivity contribution in [3.8, 4) is 6.07 Å². The van der Waals surface area contributed by atoms with E-state index in [2.05, 4.69) is 6.07 Å². The van der Waals surface area contributed by atoms with Crippen LogP contribution in [0.1, 0.15) is 0 Å². The van der Waals surface area contributed by atoms with E-state index in [-0.39, 0.29) is 0 Å². The number of halogens is 1. The molecular formula is C7H7ClN2S. The molecule has 1 aromatic heterocycles. The van der Waals surface area contributed by atoms with Gasteiger partial charge in [0.15, 0.2) is 0 Å². The van der Waals surface area contributed by atoms with Crippen LogP contribution in [-0.2, 0) is 0 Å². The largest absolute Gasteiger partial charge is 0.353 e. The summed E-state index contributed by atoms with van der Waals surface area (Å²) in [6, 6.07) is 5.80. The van der Waals surface area contributed by atoms with Crippen LogP contribution < -0.4 is 4.90 Å². The van der Waals surface area contributed by atoms with Crippen molar-refractivity contribution in [2.24, 2.45) is 0 Å². The summed E-state index contributed by atoms with van der Waals surface area (Å²) in [6.07, 6.45) is 0. The highest BCUT2D eigenvalue weighted by Crippen LogP contribution is 2.28. The second kappa shape index (κ2) is 3.61. The molecule has 0 N–H and O–H groups in total. The third-order valence-corrected chi connectivity index (χ3v) is 2.59. The Balaban J connectivity index is 2.70. The molecule has 0 aromatic carbocycles. The molecule has 1 heterocycles. The van der Waals surface area contributed by atoms with Gasteiger partial charge in [0.1, 0.15) is 6.54 Å². The van der Waals surface area contributed by atoms with Gasteiger partial charge in [0.25, 0.3) is 0 Å². The topological polar surface area (TPSA) is 27.0 Å². The van der Waals surface area contributed by atoms with Crippen LogP contribution in [0.4, 0.5) is 5.00 Å². The second-order valence-electron chi connectivity index (χ2n) is 2.09. The first kappa shape index (κ1) is 8.38. The van der Waals surface area contributed by atoms with Crippen molar-refractivity contribution in [1.29, 1.82) is 5.26 Å². The van der Waals surface area contributed by atoms with Gasteiger partial charge in [-0.1, -0.05) is 11.6 Å². The van der Waals surface area contributed by atoms with E-state index in [0.717, 1.165) is 9.34 Å². The molecule has 4 heteroatoms. The van der Waals surface area contributed by atoms with Crippen molar-refractivity contribution in [3.63, 3.8) is 0 Å². The molecule has 11 heavy (non-hydrogen) atoms. The molecule has 0 amide bonds. The molecule has 1 aromatic rings. The fourth-order valence-electron chi connectivity index (χ4n) is 0.694. The molecule has 0 saturated heterocycles. The Kier molecular flexibility index (Phi) is 2.75. The normalized spacial score (nSPS) is 9.18. The number of thiophene rings is 1. The number of anilines is 1. The van der Waals surface area contributed by atoms with Gasteiger partial charge in [-0.2, -0.15) is 5.26 Å². The van der Waals surface area contributed by atoms with Crippen molar-refractivity contribution >= 4 is 27.9 Å². The van der Waals surface area contributed by atoms with Crippen LogP contribution in [0.5, 0.6) is 0 Å². The molecule has 0 aliphatic carbocycles. The number of rotatable bonds is 2. The summed E-state index contributed by atoms with van der Waals surface area (Å²) >= 11 is 7.19. The van der Waals surface area contributed by atoms with Crippen molar-refractivity contribution in [3.05, 3.63) is 16.5 Å². The van der Waals surface area contributed by atoms with Gasteiger partial charge in [0.05, 0.1) is 15.4 Å². The molecule has 0 atom stereocenters. The van der Waals surface area contributed by atoms with Crippen LogP contribution in [-0.4, -0.2) is 13.6 Å². The maximum atomic E-state index is 8.38. The summed E-state index contributed by atoms with van der Waals surface area (Å²) in [5, 5.41) is 9.41. The third kappa shape index (κ3) is 2.11. The Bertz CT molecular complexity index is 276. The van der Waals surface area contributed by atoms with E-state index < -0.39 is 0 Å². The number of hydrogen-bond donors (Lipinski definition) is 0. The van der Waals surface area contributed by atoms with Crippen molar-refractivity contribution < 1.29 is 0 Å². The minimum Gasteiger partial charge on any atom is -0.353 e. The Morgan fingerprint density at radius 1 is 1.73 bits per heavy atom. The van der Waals surface area contributed by atoms with Crippen molar-refractivity contribution in [1.82, 2.24) is 0 Å². The molecule has 0 unspecified atom stereocenters. The minimum absolute atomic E-state index is 0.400. The predicted molar refractivity (Wildman–Crippen MR) is 48.2 cm³/mol. The molecule has 1 rings (SSSR count). The first-order valence-electron chi connectivity index (χ1n) is 3.07. The number of nitrogens with zero attached hydrogens (tertiary/aromatic N) is 2. The van der Waals surface area contributed by atoms with Gasteiger partial charge >= 0.3 is 0 Å². The summed E-state index contributed by atoms with van der Waals surface area (Å²) in [4.78, 5) is 1.86. The van der Waals surface area contributed by atoms with Gasteiger partial charge in [-0.25, -0.2) is 0 Å². The van der Waals surface area contributed by atoms with E-state index in [0.29, 0.717) is 6.54 Å². The molecule has 2 nitrogen and oxygen atoms in total. The quantitative estimate of drug-likeness (QED) is 0.664. The Morgan fingerprint density at radius 3 is 2.91 bits per heavy atom. The second-order valence-corrected chi connectivity index (χ2v) is 3.79. The summed E-state index contributed by atoms with van der Waals surface area (Å²) in [5.41, 5.74) is 0. The predicted octanol–water partition coefficient (Wildman–Crippen LogP) is 2.36. The van der Waals surface area contributed by atoms with Gasteiger partial charge in [-0.05, 0) is 12.1 Å². The lowest BCUT2D eigenvalue weighted by Crippen LogP contribution is -2.15. The van der Waals surface area contributed by atoms with Crippen LogP contribution in [0.25, 0.3) is 0 Å². The monoisotopic (exact) mass is 186 g/mol. The highest BCUT2D eigenvalue weighted by molar-refractivity contribution is 7.19. The van der Waals surface area contributed by atoms with Gasteiger partial charge in [0, 0.05) is 7.05 Å². The van der Waals surface area contributed by atoms with E-state index >= 15 is 0 Å². The minimum atomic E-state index is 0.400. The molecule has 0 aliphatic heterocycles. The van der Waals surface area contributed by atoms with Gasteiger partial charge in [0.2, 0.25) is 0 Å². The first-order valence-corrected chi connectivity index (χ1v) is 4.27. The Morgan fingerprint density at radius 2 is 2.45 bits per heavy atom. The first-order chi connectivity index (χ1) is 5.24. The van der Waals surface area contributed by atoms with E-state index in [4.69, 9.17) is 16.9 Å². The highest BCUT2D eigenvalue weighted by atomic mass is 35.5. The molecule has 0 fully saturated rings. The average Bonchev–Trinajstić information content (AvgIpc) is 2.36. The van der Waals surface area contributed by atoms with E-state index in [1.807, 2.05) is 24.1 Å². The van der Waals surface area contributed by atoms with Crippen LogP contribution in [0.3, 0.4) is 0 Å². The third-order valence-electron chi connectivity index (χ3n) is 1.24. The summed E-state index contributed by atoms with van der Waals surface area (Å²) in [5.74, 6) is 0. The van der Waals surface area contributed by atoms with Crippen LogP contribution >= 0.6 is 22.9 Å². The fraction of sp³-hybridized carbons (Fsp3) is 0.286. The molecule has 0 radical (unpaired) electrons. The molecule has 0 aliphatic rings. The van der Waals surface area contributed by atoms with Crippen LogP contribution in [0.15, 0.2) is 12.1 Å². The lowest BCUT2D eigenvalue weighted by Gasteiger charge is -2.10. The van der Waals surface area contributed by atoms with Crippen LogP contribution in [0, 0.1) is 11.3 Å². The standard InChI is InChI=1S/C7H7ClN2S/c1-10(5-4-9)7-3-2-6(8)11-7/h2-3H,5H2,1H3. The summed E-state index contributed by atoms with van der Waals surface area (Å²) in [7, 11) is 1.87. The van der Waals surface area contributed by atoms with Crippen molar-refractivity contribution in [2.45, 2.75) is 0 Å². The maximum absolute atomic E-state index is 8.38. The zero-order valence-corrected chi connectivity index (χ0v) is 7.61. The molecule has 0 spiro atoms. The van der Waals surface area contributed by atoms with Gasteiger partial charge in [-0.3, -0.25) is 0 Å². The summed E-state index contributed by atoms with van der Waals surface area (Å²) in [6.45, 7) is 0.400. The van der Waals surface area contributed by atoms with Crippen molar-refractivity contribution in [2.75, 3.05) is 18.5 Å². The van der Waals surface area contributed by atoms with Crippen LogP contribution in [0.2, 0.25) is 4.34 Å². The van der Waals surface area contributed by atoms with E-state index in [1.54, 1.807) is 0 Å². The number of nitriles is 1. The fourth-order valence-corrected chi connectivity index (χ4v) is 1.69. The SMILES string of the molecule is CN(CC#N)c1ccc(Cl)s1. The molecule has 0 bridgehead atoms. The molecule has 0 saturated carbocycles.